The monoisotopic (exact) mass is 890 g/mol. The number of nitrogen functional groups attached to an aromatic ring is 1. The minimum absolute atomic E-state index is 0.0120. The summed E-state index contributed by atoms with van der Waals surface area (Å²) in [7, 11) is 1.88. The summed E-state index contributed by atoms with van der Waals surface area (Å²) in [4.78, 5) is 51.0. The number of nitrogens with zero attached hydrogens (tertiary/aromatic N) is 8. The lowest BCUT2D eigenvalue weighted by molar-refractivity contribution is -0.134. The van der Waals surface area contributed by atoms with Gasteiger partial charge in [-0.05, 0) is 61.7 Å². The van der Waals surface area contributed by atoms with E-state index in [1.54, 1.807) is 30.3 Å². The van der Waals surface area contributed by atoms with Crippen molar-refractivity contribution in [1.82, 2.24) is 25.3 Å². The first-order chi connectivity index (χ1) is 31.6. The highest BCUT2D eigenvalue weighted by atomic mass is 19.1. The van der Waals surface area contributed by atoms with Crippen LogP contribution in [-0.4, -0.2) is 146 Å². The molecular weight excluding hydrogens is 836 g/mol. The maximum absolute atomic E-state index is 15.4. The highest BCUT2D eigenvalue weighted by molar-refractivity contribution is 6.02. The minimum atomic E-state index is -0.431. The molecule has 3 atom stereocenters. The number of carbonyl (C=O) groups is 3. The Balaban J connectivity index is 0.733. The molecule has 0 spiro atoms. The number of piperazine rings is 1. The quantitative estimate of drug-likeness (QED) is 0.214. The number of fused-ring (bicyclic) bond motifs is 3. The summed E-state index contributed by atoms with van der Waals surface area (Å²) in [6.45, 7) is 5.61. The van der Waals surface area contributed by atoms with E-state index in [0.717, 1.165) is 54.4 Å². The van der Waals surface area contributed by atoms with Crippen LogP contribution in [0.25, 0.3) is 11.3 Å². The largest absolute Gasteiger partial charge is 0.507 e. The molecular formula is C47H55FN10O7. The van der Waals surface area contributed by atoms with E-state index in [2.05, 4.69) is 35.1 Å². The topological polar surface area (TPSA) is 182 Å². The van der Waals surface area contributed by atoms with Crippen molar-refractivity contribution in [3.63, 3.8) is 0 Å². The van der Waals surface area contributed by atoms with Crippen LogP contribution in [0.2, 0.25) is 0 Å². The van der Waals surface area contributed by atoms with Crippen LogP contribution in [0.5, 0.6) is 17.2 Å². The fourth-order valence-electron chi connectivity index (χ4n) is 10.5. The Morgan fingerprint density at radius 2 is 1.63 bits per heavy atom. The Morgan fingerprint density at radius 1 is 0.877 bits per heavy atom. The van der Waals surface area contributed by atoms with E-state index in [-0.39, 0.29) is 53.6 Å². The number of piperidine rings is 3. The van der Waals surface area contributed by atoms with Crippen LogP contribution in [0.3, 0.4) is 0 Å². The van der Waals surface area contributed by atoms with Crippen LogP contribution < -0.4 is 40.1 Å². The molecule has 0 saturated carbocycles. The Hall–Kier alpha value is -6.56. The zero-order valence-corrected chi connectivity index (χ0v) is 36.5. The number of hydrogen-bond acceptors (Lipinski definition) is 14. The number of aromatic hydroxyl groups is 1. The zero-order valence-electron chi connectivity index (χ0n) is 36.5. The summed E-state index contributed by atoms with van der Waals surface area (Å²) >= 11 is 0. The molecule has 4 aromatic rings. The molecule has 0 unspecified atom stereocenters. The van der Waals surface area contributed by atoms with E-state index in [1.165, 1.54) is 6.07 Å². The lowest BCUT2D eigenvalue weighted by Crippen LogP contribution is -2.65. The molecule has 6 aliphatic rings. The number of amides is 4. The number of urea groups is 1. The molecule has 5 fully saturated rings. The van der Waals surface area contributed by atoms with Crippen molar-refractivity contribution < 1.29 is 38.1 Å². The van der Waals surface area contributed by atoms with Gasteiger partial charge in [0.1, 0.15) is 24.5 Å². The number of para-hydroxylation sites is 2. The maximum atomic E-state index is 15.4. The number of nitrogens with two attached hydrogens (primary N) is 1. The van der Waals surface area contributed by atoms with Crippen molar-refractivity contribution >= 4 is 46.4 Å². The number of rotatable bonds is 8. The first-order valence-electron chi connectivity index (χ1n) is 22.7. The van der Waals surface area contributed by atoms with Crippen molar-refractivity contribution in [2.24, 2.45) is 0 Å². The third-order valence-electron chi connectivity index (χ3n) is 13.9. The number of nitrogens with one attached hydrogen (secondary N) is 1. The standard InChI is InChI=1S/C47H55FN10O7/c1-53(29-13-17-54(18-14-29)37-6-4-7-38-44(37)64-22-21-57(38)39-11-12-43(60)50-46(39)61)47(62)55-19-15-33(16-20-55)65-42-23-30(9-10-35(42)48)58-31-25-56(26-32(58)28-63-27-31)40-24-36(51-52-45(40)49)34-5-2-3-8-41(34)59/h2-10,23-24,29,31-33,39,59H,11-22,25-28H2,1H3,(H2,49,52)(H,50,60,61)/t31-,32+,39-/m0/s1. The van der Waals surface area contributed by atoms with E-state index in [1.807, 2.05) is 47.2 Å². The van der Waals surface area contributed by atoms with Gasteiger partial charge < -0.3 is 54.5 Å². The third kappa shape index (κ3) is 8.35. The smallest absolute Gasteiger partial charge is 0.319 e. The van der Waals surface area contributed by atoms with E-state index in [4.69, 9.17) is 19.9 Å². The molecule has 342 valence electrons. The molecule has 5 saturated heterocycles. The number of phenolic OH excluding ortho intramolecular Hbond substituents is 1. The van der Waals surface area contributed by atoms with Gasteiger partial charge >= 0.3 is 6.03 Å². The number of imide groups is 1. The van der Waals surface area contributed by atoms with Gasteiger partial charge in [0.15, 0.2) is 23.1 Å². The SMILES string of the molecule is CN(C(=O)N1CCC(Oc2cc(N3[C@@H]4COC[C@H]3CN(c3cc(-c5ccccc5O)nnc3N)C4)ccc2F)CC1)C1CCN(c2cccc3c2OCCN3[C@H]2CCC(=O)NC2=O)CC1. The normalized spacial score (nSPS) is 22.9. The van der Waals surface area contributed by atoms with E-state index in [0.29, 0.717) is 95.3 Å². The van der Waals surface area contributed by atoms with Gasteiger partial charge in [0.2, 0.25) is 11.8 Å². The van der Waals surface area contributed by atoms with E-state index in [9.17, 15) is 19.5 Å². The number of carbonyl (C=O) groups excluding carboxylic acids is 3. The number of benzene rings is 3. The number of anilines is 5. The van der Waals surface area contributed by atoms with Gasteiger partial charge in [0.25, 0.3) is 0 Å². The van der Waals surface area contributed by atoms with Gasteiger partial charge in [-0.2, -0.15) is 0 Å². The Bertz CT molecular complexity index is 2430. The van der Waals surface area contributed by atoms with Crippen LogP contribution in [0.15, 0.2) is 66.7 Å². The van der Waals surface area contributed by atoms with Crippen molar-refractivity contribution in [3.05, 3.63) is 72.5 Å². The average molecular weight is 891 g/mol. The molecule has 18 heteroatoms. The van der Waals surface area contributed by atoms with Crippen LogP contribution in [-0.2, 0) is 14.3 Å². The average Bonchev–Trinajstić information content (AvgIpc) is 3.32. The van der Waals surface area contributed by atoms with Crippen LogP contribution in [0, 0.1) is 5.82 Å². The van der Waals surface area contributed by atoms with E-state index >= 15 is 4.39 Å². The fraction of sp³-hybridized carbons (Fsp3) is 0.468. The molecule has 2 bridgehead atoms. The number of hydrogen-bond donors (Lipinski definition) is 3. The van der Waals surface area contributed by atoms with Crippen molar-refractivity contribution in [2.75, 3.05) is 98.0 Å². The number of phenols is 1. The van der Waals surface area contributed by atoms with Gasteiger partial charge in [-0.25, -0.2) is 9.18 Å². The molecule has 10 rings (SSSR count). The third-order valence-corrected chi connectivity index (χ3v) is 13.9. The number of likely N-dealkylation sites (tertiary alicyclic amines) is 1. The molecule has 65 heavy (non-hydrogen) atoms. The second-order valence-electron chi connectivity index (χ2n) is 17.8. The Kier molecular flexibility index (Phi) is 11.6. The van der Waals surface area contributed by atoms with Gasteiger partial charge in [0.05, 0.1) is 54.6 Å². The minimum Gasteiger partial charge on any atom is -0.507 e. The number of aromatic nitrogens is 2. The lowest BCUT2D eigenvalue weighted by atomic mass is 10.0. The molecule has 17 nitrogen and oxygen atoms in total. The van der Waals surface area contributed by atoms with Gasteiger partial charge in [-0.3, -0.25) is 14.9 Å². The predicted molar refractivity (Wildman–Crippen MR) is 242 cm³/mol. The Labute approximate surface area is 376 Å². The second-order valence-corrected chi connectivity index (χ2v) is 17.8. The summed E-state index contributed by atoms with van der Waals surface area (Å²) in [5.41, 5.74) is 10.9. The van der Waals surface area contributed by atoms with Crippen molar-refractivity contribution in [2.45, 2.75) is 68.8 Å². The van der Waals surface area contributed by atoms with Gasteiger partial charge in [-0.15, -0.1) is 10.2 Å². The molecule has 3 aromatic carbocycles. The van der Waals surface area contributed by atoms with E-state index < -0.39 is 11.9 Å². The highest BCUT2D eigenvalue weighted by Crippen LogP contribution is 2.43. The first kappa shape index (κ1) is 42.4. The second kappa shape index (κ2) is 17.8. The number of halogens is 1. The van der Waals surface area contributed by atoms with Crippen molar-refractivity contribution in [3.8, 4) is 28.5 Å². The summed E-state index contributed by atoms with van der Waals surface area (Å²) < 4.78 is 34.0. The lowest BCUT2D eigenvalue weighted by Gasteiger charge is -2.51. The van der Waals surface area contributed by atoms with Crippen LogP contribution in [0.1, 0.15) is 38.5 Å². The predicted octanol–water partition coefficient (Wildman–Crippen LogP) is 4.23. The summed E-state index contributed by atoms with van der Waals surface area (Å²) in [6.07, 6.45) is 3.28. The number of ether oxygens (including phenoxy) is 3. The van der Waals surface area contributed by atoms with Gasteiger partial charge in [-0.1, -0.05) is 18.2 Å². The molecule has 7 heterocycles. The summed E-state index contributed by atoms with van der Waals surface area (Å²) in [6, 6.07) is 19.4. The Morgan fingerprint density at radius 3 is 2.38 bits per heavy atom. The van der Waals surface area contributed by atoms with Crippen LogP contribution >= 0.6 is 0 Å². The fourth-order valence-corrected chi connectivity index (χ4v) is 10.5. The first-order valence-corrected chi connectivity index (χ1v) is 22.7. The summed E-state index contributed by atoms with van der Waals surface area (Å²) in [5.74, 6) is 0.436. The molecule has 0 radical (unpaired) electrons. The summed E-state index contributed by atoms with van der Waals surface area (Å²) in [5, 5.41) is 21.4. The highest BCUT2D eigenvalue weighted by Gasteiger charge is 2.41. The van der Waals surface area contributed by atoms with Crippen LogP contribution in [0.4, 0.5) is 37.8 Å². The molecule has 0 aliphatic carbocycles. The van der Waals surface area contributed by atoms with Crippen molar-refractivity contribution in [1.29, 1.82) is 0 Å². The maximum Gasteiger partial charge on any atom is 0.319 e. The molecule has 4 amide bonds. The number of morpholine rings is 1. The van der Waals surface area contributed by atoms with Gasteiger partial charge in [0, 0.05) is 88.9 Å². The molecule has 6 aliphatic heterocycles. The molecule has 1 aromatic heterocycles. The zero-order chi connectivity index (χ0) is 44.8. The molecule has 4 N–H and O–H groups in total.